The summed E-state index contributed by atoms with van der Waals surface area (Å²) < 4.78 is 11.7. The lowest BCUT2D eigenvalue weighted by molar-refractivity contribution is 0.382. The molecule has 0 heterocycles. The van der Waals surface area contributed by atoms with Crippen LogP contribution in [0.5, 0.6) is 11.5 Å². The van der Waals surface area contributed by atoms with Crippen LogP contribution in [0, 0.1) is 5.92 Å². The predicted octanol–water partition coefficient (Wildman–Crippen LogP) is 5.09. The quantitative estimate of drug-likeness (QED) is 0.680. The van der Waals surface area contributed by atoms with Gasteiger partial charge in [0.05, 0.1) is 14.2 Å². The molecule has 0 amide bonds. The van der Waals surface area contributed by atoms with E-state index in [1.807, 2.05) is 6.07 Å². The number of benzene rings is 1. The SMILES string of the molecule is COc1ccc(C(Br)C2CCCC2)c(OC)c1Br. The van der Waals surface area contributed by atoms with E-state index in [1.54, 1.807) is 14.2 Å². The number of ether oxygens (including phenoxy) is 2. The van der Waals surface area contributed by atoms with Crippen molar-refractivity contribution in [2.45, 2.75) is 30.5 Å². The van der Waals surface area contributed by atoms with Crippen molar-refractivity contribution in [3.05, 3.63) is 22.2 Å². The molecule has 0 N–H and O–H groups in total. The monoisotopic (exact) mass is 376 g/mol. The molecule has 0 bridgehead atoms. The van der Waals surface area contributed by atoms with Crippen molar-refractivity contribution in [1.82, 2.24) is 0 Å². The normalized spacial score (nSPS) is 17.8. The summed E-state index contributed by atoms with van der Waals surface area (Å²) in [6.07, 6.45) is 5.27. The first-order valence-corrected chi connectivity index (χ1v) is 7.94. The molecule has 100 valence electrons. The Labute approximate surface area is 125 Å². The molecule has 1 fully saturated rings. The molecule has 1 aliphatic rings. The Morgan fingerprint density at radius 3 is 2.39 bits per heavy atom. The first kappa shape index (κ1) is 14.2. The van der Waals surface area contributed by atoms with E-state index in [0.29, 0.717) is 10.7 Å². The number of hydrogen-bond acceptors (Lipinski definition) is 2. The lowest BCUT2D eigenvalue weighted by Gasteiger charge is -2.21. The first-order chi connectivity index (χ1) is 8.69. The second kappa shape index (κ2) is 6.29. The highest BCUT2D eigenvalue weighted by molar-refractivity contribution is 9.10. The Morgan fingerprint density at radius 2 is 1.83 bits per heavy atom. The molecule has 4 heteroatoms. The summed E-state index contributed by atoms with van der Waals surface area (Å²) >= 11 is 7.40. The van der Waals surface area contributed by atoms with Gasteiger partial charge in [-0.3, -0.25) is 0 Å². The molecule has 2 rings (SSSR count). The van der Waals surface area contributed by atoms with Crippen molar-refractivity contribution in [2.75, 3.05) is 14.2 Å². The number of hydrogen-bond donors (Lipinski definition) is 0. The number of alkyl halides is 1. The van der Waals surface area contributed by atoms with E-state index in [0.717, 1.165) is 16.0 Å². The lowest BCUT2D eigenvalue weighted by atomic mass is 9.97. The summed E-state index contributed by atoms with van der Waals surface area (Å²) in [6, 6.07) is 4.09. The standard InChI is InChI=1S/C14H18Br2O2/c1-17-11-8-7-10(14(18-2)13(11)16)12(15)9-5-3-4-6-9/h7-9,12H,3-6H2,1-2H3. The van der Waals surface area contributed by atoms with Gasteiger partial charge < -0.3 is 9.47 Å². The third-order valence-corrected chi connectivity index (χ3v) is 5.62. The van der Waals surface area contributed by atoms with Crippen LogP contribution in [0.15, 0.2) is 16.6 Å². The summed E-state index contributed by atoms with van der Waals surface area (Å²) in [5, 5.41) is 0. The molecule has 1 saturated carbocycles. The molecule has 1 unspecified atom stereocenters. The molecule has 2 nitrogen and oxygen atoms in total. The molecule has 0 spiro atoms. The zero-order valence-corrected chi connectivity index (χ0v) is 13.9. The van der Waals surface area contributed by atoms with Gasteiger partial charge in [-0.15, -0.1) is 0 Å². The van der Waals surface area contributed by atoms with E-state index >= 15 is 0 Å². The molecular formula is C14H18Br2O2. The number of halogens is 2. The van der Waals surface area contributed by atoms with Crippen molar-refractivity contribution in [2.24, 2.45) is 5.92 Å². The van der Waals surface area contributed by atoms with E-state index < -0.39 is 0 Å². The summed E-state index contributed by atoms with van der Waals surface area (Å²) in [5.74, 6) is 2.39. The van der Waals surface area contributed by atoms with E-state index in [-0.39, 0.29) is 0 Å². The molecule has 0 saturated heterocycles. The maximum atomic E-state index is 5.54. The van der Waals surface area contributed by atoms with Gasteiger partial charge in [-0.2, -0.15) is 0 Å². The Kier molecular flexibility index (Phi) is 4.96. The third-order valence-electron chi connectivity index (χ3n) is 3.63. The molecule has 0 aromatic heterocycles. The second-order valence-electron chi connectivity index (χ2n) is 4.65. The smallest absolute Gasteiger partial charge is 0.141 e. The van der Waals surface area contributed by atoms with Crippen LogP contribution in [-0.2, 0) is 0 Å². The highest BCUT2D eigenvalue weighted by Gasteiger charge is 2.27. The molecule has 18 heavy (non-hydrogen) atoms. The van der Waals surface area contributed by atoms with Gasteiger partial charge in [0, 0.05) is 10.4 Å². The highest BCUT2D eigenvalue weighted by Crippen LogP contribution is 2.48. The van der Waals surface area contributed by atoms with Crippen molar-refractivity contribution < 1.29 is 9.47 Å². The van der Waals surface area contributed by atoms with Crippen LogP contribution < -0.4 is 9.47 Å². The topological polar surface area (TPSA) is 18.5 Å². The predicted molar refractivity (Wildman–Crippen MR) is 80.9 cm³/mol. The zero-order chi connectivity index (χ0) is 13.1. The van der Waals surface area contributed by atoms with E-state index in [2.05, 4.69) is 37.9 Å². The van der Waals surface area contributed by atoms with Gasteiger partial charge >= 0.3 is 0 Å². The van der Waals surface area contributed by atoms with Gasteiger partial charge in [-0.1, -0.05) is 34.8 Å². The largest absolute Gasteiger partial charge is 0.495 e. The summed E-state index contributed by atoms with van der Waals surface area (Å²) in [6.45, 7) is 0. The van der Waals surface area contributed by atoms with Crippen LogP contribution >= 0.6 is 31.9 Å². The fourth-order valence-corrected chi connectivity index (χ4v) is 4.21. The first-order valence-electron chi connectivity index (χ1n) is 6.23. The van der Waals surface area contributed by atoms with Crippen molar-refractivity contribution in [3.63, 3.8) is 0 Å². The van der Waals surface area contributed by atoms with Crippen LogP contribution in [0.3, 0.4) is 0 Å². The van der Waals surface area contributed by atoms with Crippen LogP contribution in [0.2, 0.25) is 0 Å². The molecule has 1 aromatic rings. The van der Waals surface area contributed by atoms with Gasteiger partial charge in [0.25, 0.3) is 0 Å². The minimum atomic E-state index is 0.358. The summed E-state index contributed by atoms with van der Waals surface area (Å²) in [4.78, 5) is 0.358. The second-order valence-corrected chi connectivity index (χ2v) is 6.43. The van der Waals surface area contributed by atoms with E-state index in [9.17, 15) is 0 Å². The van der Waals surface area contributed by atoms with Gasteiger partial charge in [-0.25, -0.2) is 0 Å². The fraction of sp³-hybridized carbons (Fsp3) is 0.571. The van der Waals surface area contributed by atoms with Crippen LogP contribution in [-0.4, -0.2) is 14.2 Å². The Bertz CT molecular complexity index is 415. The minimum Gasteiger partial charge on any atom is -0.495 e. The fourth-order valence-electron chi connectivity index (χ4n) is 2.64. The van der Waals surface area contributed by atoms with Gasteiger partial charge in [0.15, 0.2) is 0 Å². The molecule has 0 aliphatic heterocycles. The molecule has 1 atom stereocenters. The Hall–Kier alpha value is -0.220. The molecular weight excluding hydrogens is 360 g/mol. The molecule has 0 radical (unpaired) electrons. The third kappa shape index (κ3) is 2.69. The lowest BCUT2D eigenvalue weighted by Crippen LogP contribution is -2.05. The number of rotatable bonds is 4. The summed E-state index contributed by atoms with van der Waals surface area (Å²) in [5.41, 5.74) is 1.21. The Morgan fingerprint density at radius 1 is 1.17 bits per heavy atom. The average Bonchev–Trinajstić information content (AvgIpc) is 2.91. The van der Waals surface area contributed by atoms with Crippen molar-refractivity contribution in [1.29, 1.82) is 0 Å². The van der Waals surface area contributed by atoms with Crippen molar-refractivity contribution >= 4 is 31.9 Å². The van der Waals surface area contributed by atoms with Crippen LogP contribution in [0.4, 0.5) is 0 Å². The zero-order valence-electron chi connectivity index (χ0n) is 10.7. The maximum absolute atomic E-state index is 5.54. The minimum absolute atomic E-state index is 0.358. The highest BCUT2D eigenvalue weighted by atomic mass is 79.9. The van der Waals surface area contributed by atoms with Crippen LogP contribution in [0.25, 0.3) is 0 Å². The summed E-state index contributed by atoms with van der Waals surface area (Å²) in [7, 11) is 3.37. The maximum Gasteiger partial charge on any atom is 0.141 e. The van der Waals surface area contributed by atoms with Gasteiger partial charge in [0.1, 0.15) is 16.0 Å². The average molecular weight is 378 g/mol. The van der Waals surface area contributed by atoms with Crippen LogP contribution in [0.1, 0.15) is 36.1 Å². The van der Waals surface area contributed by atoms with E-state index in [4.69, 9.17) is 9.47 Å². The molecule has 1 aliphatic carbocycles. The van der Waals surface area contributed by atoms with Gasteiger partial charge in [-0.05, 0) is 40.8 Å². The Balaban J connectivity index is 2.34. The van der Waals surface area contributed by atoms with Gasteiger partial charge in [0.2, 0.25) is 0 Å². The molecule has 1 aromatic carbocycles. The number of methoxy groups -OCH3 is 2. The van der Waals surface area contributed by atoms with Crippen molar-refractivity contribution in [3.8, 4) is 11.5 Å². The van der Waals surface area contributed by atoms with E-state index in [1.165, 1.54) is 31.2 Å².